The summed E-state index contributed by atoms with van der Waals surface area (Å²) in [7, 11) is 0. The summed E-state index contributed by atoms with van der Waals surface area (Å²) >= 11 is 0. The van der Waals surface area contributed by atoms with E-state index in [1.54, 1.807) is 6.92 Å². The van der Waals surface area contributed by atoms with Crippen molar-refractivity contribution in [2.75, 3.05) is 13.1 Å². The molecule has 3 rings (SSSR count). The van der Waals surface area contributed by atoms with Crippen LogP contribution in [0.1, 0.15) is 49.8 Å². The van der Waals surface area contributed by atoms with E-state index in [0.29, 0.717) is 19.5 Å². The van der Waals surface area contributed by atoms with Crippen LogP contribution in [0.3, 0.4) is 0 Å². The first-order valence-electron chi connectivity index (χ1n) is 11.5. The highest BCUT2D eigenvalue weighted by Crippen LogP contribution is 2.16. The number of carbonyl (C=O) groups is 2. The fourth-order valence-electron chi connectivity index (χ4n) is 4.28. The number of nitrogens with one attached hydrogen (secondary N) is 2. The van der Waals surface area contributed by atoms with Crippen molar-refractivity contribution in [2.24, 2.45) is 0 Å². The number of rotatable bonds is 10. The number of piperazine rings is 1. The zero-order valence-electron chi connectivity index (χ0n) is 18.8. The molecule has 1 saturated heterocycles. The summed E-state index contributed by atoms with van der Waals surface area (Å²) in [5.41, 5.74) is 3.68. The van der Waals surface area contributed by atoms with Gasteiger partial charge in [0.15, 0.2) is 0 Å². The lowest BCUT2D eigenvalue weighted by molar-refractivity contribution is -0.137. The summed E-state index contributed by atoms with van der Waals surface area (Å²) in [4.78, 5) is 26.9. The molecule has 0 bridgehead atoms. The van der Waals surface area contributed by atoms with E-state index in [1.807, 2.05) is 23.1 Å². The van der Waals surface area contributed by atoms with E-state index in [1.165, 1.54) is 24.0 Å². The molecule has 5 nitrogen and oxygen atoms in total. The lowest BCUT2D eigenvalue weighted by atomic mass is 9.95. The second-order valence-electron chi connectivity index (χ2n) is 8.51. The number of carbonyl (C=O) groups excluding carboxylic acids is 2. The van der Waals surface area contributed by atoms with E-state index in [9.17, 15) is 9.59 Å². The molecule has 2 N–H and O–H groups in total. The molecule has 2 aromatic rings. The lowest BCUT2D eigenvalue weighted by Gasteiger charge is -2.35. The molecule has 0 aliphatic carbocycles. The molecule has 1 heterocycles. The van der Waals surface area contributed by atoms with Crippen LogP contribution >= 0.6 is 0 Å². The third kappa shape index (κ3) is 7.21. The summed E-state index contributed by atoms with van der Waals surface area (Å²) in [6, 6.07) is 18.3. The predicted octanol–water partition coefficient (Wildman–Crippen LogP) is 3.47. The van der Waals surface area contributed by atoms with Crippen molar-refractivity contribution in [1.82, 2.24) is 15.5 Å². The molecular formula is C26H35N3O2. The van der Waals surface area contributed by atoms with Crippen LogP contribution in [0.25, 0.3) is 0 Å². The van der Waals surface area contributed by atoms with Gasteiger partial charge in [-0.05, 0) is 42.4 Å². The third-order valence-corrected chi connectivity index (χ3v) is 5.82. The molecule has 31 heavy (non-hydrogen) atoms. The van der Waals surface area contributed by atoms with Crippen molar-refractivity contribution in [1.29, 1.82) is 0 Å². The zero-order valence-corrected chi connectivity index (χ0v) is 18.8. The van der Waals surface area contributed by atoms with Crippen LogP contribution in [0, 0.1) is 0 Å². The second kappa shape index (κ2) is 11.7. The number of hydrogen-bond acceptors (Lipinski definition) is 3. The highest BCUT2D eigenvalue weighted by Gasteiger charge is 2.30. The smallest absolute Gasteiger partial charge is 0.240 e. The Morgan fingerprint density at radius 2 is 1.87 bits per heavy atom. The number of aryl methyl sites for hydroxylation is 1. The maximum atomic E-state index is 13.1. The van der Waals surface area contributed by atoms with E-state index in [4.69, 9.17) is 0 Å². The van der Waals surface area contributed by atoms with Gasteiger partial charge in [0.05, 0.1) is 6.04 Å². The molecule has 0 spiro atoms. The molecule has 1 aliphatic rings. The van der Waals surface area contributed by atoms with Crippen LogP contribution < -0.4 is 10.6 Å². The average molecular weight is 422 g/mol. The van der Waals surface area contributed by atoms with E-state index in [2.05, 4.69) is 54.0 Å². The van der Waals surface area contributed by atoms with Gasteiger partial charge in [0.2, 0.25) is 11.8 Å². The maximum absolute atomic E-state index is 13.1. The molecule has 166 valence electrons. The summed E-state index contributed by atoms with van der Waals surface area (Å²) < 4.78 is 0. The molecule has 2 aromatic carbocycles. The van der Waals surface area contributed by atoms with Gasteiger partial charge in [-0.3, -0.25) is 9.59 Å². The van der Waals surface area contributed by atoms with Gasteiger partial charge in [0.1, 0.15) is 0 Å². The van der Waals surface area contributed by atoms with Crippen molar-refractivity contribution in [2.45, 2.75) is 64.6 Å². The molecule has 0 unspecified atom stereocenters. The molecule has 2 amide bonds. The molecule has 5 heteroatoms. The van der Waals surface area contributed by atoms with Crippen LogP contribution in [0.2, 0.25) is 0 Å². The minimum Gasteiger partial charge on any atom is -0.353 e. The Morgan fingerprint density at radius 3 is 2.61 bits per heavy atom. The van der Waals surface area contributed by atoms with Gasteiger partial charge in [-0.15, -0.1) is 0 Å². The summed E-state index contributed by atoms with van der Waals surface area (Å²) in [5.74, 6) is 0.0543. The Balaban J connectivity index is 1.65. The molecule has 1 aliphatic heterocycles. The van der Waals surface area contributed by atoms with E-state index < -0.39 is 0 Å². The van der Waals surface area contributed by atoms with Crippen molar-refractivity contribution in [3.05, 3.63) is 71.3 Å². The highest BCUT2D eigenvalue weighted by molar-refractivity contribution is 5.83. The third-order valence-electron chi connectivity index (χ3n) is 5.82. The minimum absolute atomic E-state index is 0.0588. The Kier molecular flexibility index (Phi) is 8.65. The first kappa shape index (κ1) is 23.0. The van der Waals surface area contributed by atoms with E-state index >= 15 is 0 Å². The Hall–Kier alpha value is -2.66. The topological polar surface area (TPSA) is 61.4 Å². The zero-order chi connectivity index (χ0) is 22.1. The largest absolute Gasteiger partial charge is 0.353 e. The van der Waals surface area contributed by atoms with Gasteiger partial charge in [0, 0.05) is 32.6 Å². The SMILES string of the molecule is CCCCc1cccc(C[C@@H](C[C@@H]2NCCN(Cc3ccccc3)C2=O)NC(C)=O)c1. The summed E-state index contributed by atoms with van der Waals surface area (Å²) in [5, 5.41) is 6.44. The minimum atomic E-state index is -0.280. The van der Waals surface area contributed by atoms with Crippen molar-refractivity contribution in [3.8, 4) is 0 Å². The lowest BCUT2D eigenvalue weighted by Crippen LogP contribution is -2.56. The number of benzene rings is 2. The fraction of sp³-hybridized carbons (Fsp3) is 0.462. The predicted molar refractivity (Wildman–Crippen MR) is 125 cm³/mol. The molecule has 0 saturated carbocycles. The van der Waals surface area contributed by atoms with Gasteiger partial charge < -0.3 is 15.5 Å². The molecule has 0 aromatic heterocycles. The number of unbranched alkanes of at least 4 members (excludes halogenated alkanes) is 1. The first-order valence-corrected chi connectivity index (χ1v) is 11.5. The summed E-state index contributed by atoms with van der Waals surface area (Å²) in [6.07, 6.45) is 4.74. The average Bonchev–Trinajstić information content (AvgIpc) is 2.75. The summed E-state index contributed by atoms with van der Waals surface area (Å²) in [6.45, 7) is 5.84. The first-order chi connectivity index (χ1) is 15.0. The normalized spacial score (nSPS) is 17.4. The molecule has 0 radical (unpaired) electrons. The van der Waals surface area contributed by atoms with Gasteiger partial charge in [-0.1, -0.05) is 67.9 Å². The van der Waals surface area contributed by atoms with Crippen molar-refractivity contribution >= 4 is 11.8 Å². The Morgan fingerprint density at radius 1 is 1.13 bits per heavy atom. The number of nitrogens with zero attached hydrogens (tertiary/aromatic N) is 1. The van der Waals surface area contributed by atoms with Crippen molar-refractivity contribution < 1.29 is 9.59 Å². The van der Waals surface area contributed by atoms with Crippen molar-refractivity contribution in [3.63, 3.8) is 0 Å². The number of hydrogen-bond donors (Lipinski definition) is 2. The van der Waals surface area contributed by atoms with Gasteiger partial charge in [-0.25, -0.2) is 0 Å². The monoisotopic (exact) mass is 421 g/mol. The molecule has 2 atom stereocenters. The van der Waals surface area contributed by atoms with Crippen LogP contribution in [-0.2, 0) is 29.0 Å². The van der Waals surface area contributed by atoms with E-state index in [0.717, 1.165) is 24.9 Å². The second-order valence-corrected chi connectivity index (χ2v) is 8.51. The van der Waals surface area contributed by atoms with Crippen LogP contribution in [0.4, 0.5) is 0 Å². The van der Waals surface area contributed by atoms with Crippen LogP contribution in [-0.4, -0.2) is 41.9 Å². The van der Waals surface area contributed by atoms with Gasteiger partial charge in [-0.2, -0.15) is 0 Å². The fourth-order valence-corrected chi connectivity index (χ4v) is 4.28. The standard InChI is InChI=1S/C26H35N3O2/c1-3-4-9-21-12-8-13-23(16-21)17-24(28-20(2)30)18-25-26(31)29(15-14-27-25)19-22-10-6-5-7-11-22/h5-8,10-13,16,24-25,27H,3-4,9,14-15,17-19H2,1-2H3,(H,28,30)/t24-,25-/m0/s1. The van der Waals surface area contributed by atoms with Gasteiger partial charge >= 0.3 is 0 Å². The molecule has 1 fully saturated rings. The maximum Gasteiger partial charge on any atom is 0.240 e. The Labute approximate surface area is 186 Å². The van der Waals surface area contributed by atoms with Crippen LogP contribution in [0.15, 0.2) is 54.6 Å². The van der Waals surface area contributed by atoms with Crippen LogP contribution in [0.5, 0.6) is 0 Å². The Bertz CT molecular complexity index is 853. The molecular weight excluding hydrogens is 386 g/mol. The van der Waals surface area contributed by atoms with Gasteiger partial charge in [0.25, 0.3) is 0 Å². The van der Waals surface area contributed by atoms with E-state index in [-0.39, 0.29) is 23.9 Å². The quantitative estimate of drug-likeness (QED) is 0.618. The highest BCUT2D eigenvalue weighted by atomic mass is 16.2. The number of amides is 2.